The lowest BCUT2D eigenvalue weighted by molar-refractivity contribution is 0.234. The molecule has 1 heterocycles. The number of nitrogen functional groups attached to an aromatic ring is 1. The summed E-state index contributed by atoms with van der Waals surface area (Å²) in [6, 6.07) is 0. The average Bonchev–Trinajstić information content (AvgIpc) is 2.22. The zero-order chi connectivity index (χ0) is 12.8. The molecule has 0 fully saturated rings. The van der Waals surface area contributed by atoms with Crippen LogP contribution in [0.25, 0.3) is 0 Å². The van der Waals surface area contributed by atoms with E-state index in [4.69, 9.17) is 10.5 Å². The molecule has 6 heteroatoms. The highest BCUT2D eigenvalue weighted by molar-refractivity contribution is 5.66. The van der Waals surface area contributed by atoms with Gasteiger partial charge >= 0.3 is 0 Å². The first-order chi connectivity index (χ1) is 8.00. The van der Waals surface area contributed by atoms with Crippen LogP contribution in [0.5, 0.6) is 5.88 Å². The van der Waals surface area contributed by atoms with Crippen LogP contribution in [-0.2, 0) is 0 Å². The Morgan fingerprint density at radius 3 is 2.71 bits per heavy atom. The number of anilines is 2. The summed E-state index contributed by atoms with van der Waals surface area (Å²) in [6.07, 6.45) is 1.49. The molecule has 0 spiro atoms. The lowest BCUT2D eigenvalue weighted by Gasteiger charge is -2.14. The summed E-state index contributed by atoms with van der Waals surface area (Å²) in [7, 11) is 4.02. The molecule has 0 atom stereocenters. The van der Waals surface area contributed by atoms with Crippen molar-refractivity contribution in [1.29, 1.82) is 0 Å². The molecule has 0 unspecified atom stereocenters. The van der Waals surface area contributed by atoms with E-state index in [9.17, 15) is 0 Å². The molecule has 1 aromatic rings. The third kappa shape index (κ3) is 4.44. The first-order valence-electron chi connectivity index (χ1n) is 5.66. The van der Waals surface area contributed by atoms with Crippen molar-refractivity contribution in [2.45, 2.75) is 20.0 Å². The first kappa shape index (κ1) is 13.5. The van der Waals surface area contributed by atoms with Crippen LogP contribution in [0.3, 0.4) is 0 Å². The molecular weight excluding hydrogens is 218 g/mol. The third-order valence-electron chi connectivity index (χ3n) is 2.05. The van der Waals surface area contributed by atoms with Gasteiger partial charge in [0.1, 0.15) is 12.0 Å². The summed E-state index contributed by atoms with van der Waals surface area (Å²) in [4.78, 5) is 10.2. The summed E-state index contributed by atoms with van der Waals surface area (Å²) in [5.74, 6) is 1.06. The smallest absolute Gasteiger partial charge is 0.242 e. The second kappa shape index (κ2) is 6.24. The van der Waals surface area contributed by atoms with Crippen LogP contribution in [0, 0.1) is 0 Å². The molecule has 1 rings (SSSR count). The molecule has 0 amide bonds. The first-order valence-corrected chi connectivity index (χ1v) is 5.66. The van der Waals surface area contributed by atoms with Gasteiger partial charge in [0.2, 0.25) is 5.88 Å². The molecule has 0 aliphatic heterocycles. The fourth-order valence-corrected chi connectivity index (χ4v) is 1.24. The number of likely N-dealkylation sites (N-methyl/N-ethyl adjacent to an activating group) is 1. The molecule has 0 aromatic carbocycles. The van der Waals surface area contributed by atoms with Gasteiger partial charge in [-0.1, -0.05) is 0 Å². The number of ether oxygens (including phenoxy) is 1. The maximum atomic E-state index is 5.92. The predicted molar refractivity (Wildman–Crippen MR) is 69.3 cm³/mol. The van der Waals surface area contributed by atoms with Gasteiger partial charge in [0.05, 0.1) is 6.10 Å². The van der Waals surface area contributed by atoms with Crippen LogP contribution in [0.1, 0.15) is 13.8 Å². The zero-order valence-electron chi connectivity index (χ0n) is 10.9. The Bertz CT molecular complexity index is 354. The van der Waals surface area contributed by atoms with Crippen LogP contribution in [0.15, 0.2) is 6.33 Å². The lowest BCUT2D eigenvalue weighted by atomic mass is 10.4. The number of aromatic nitrogens is 2. The number of hydrogen-bond donors (Lipinski definition) is 2. The molecule has 17 heavy (non-hydrogen) atoms. The summed E-state index contributed by atoms with van der Waals surface area (Å²) in [6.45, 7) is 5.54. The molecule has 0 aliphatic rings. The van der Waals surface area contributed by atoms with E-state index in [1.807, 2.05) is 27.9 Å². The normalized spacial score (nSPS) is 10.9. The average molecular weight is 239 g/mol. The van der Waals surface area contributed by atoms with Crippen LogP contribution in [-0.4, -0.2) is 48.2 Å². The molecule has 6 nitrogen and oxygen atoms in total. The Labute approximate surface area is 102 Å². The topological polar surface area (TPSA) is 76.3 Å². The van der Waals surface area contributed by atoms with E-state index < -0.39 is 0 Å². The minimum Gasteiger partial charge on any atom is -0.473 e. The van der Waals surface area contributed by atoms with Gasteiger partial charge in [0.15, 0.2) is 5.82 Å². The summed E-state index contributed by atoms with van der Waals surface area (Å²) < 4.78 is 5.49. The van der Waals surface area contributed by atoms with Gasteiger partial charge in [-0.05, 0) is 27.9 Å². The monoisotopic (exact) mass is 239 g/mol. The lowest BCUT2D eigenvalue weighted by Crippen LogP contribution is -2.21. The van der Waals surface area contributed by atoms with E-state index in [0.717, 1.165) is 13.1 Å². The van der Waals surface area contributed by atoms with Crippen molar-refractivity contribution in [3.63, 3.8) is 0 Å². The van der Waals surface area contributed by atoms with Crippen molar-refractivity contribution < 1.29 is 4.74 Å². The van der Waals surface area contributed by atoms with E-state index >= 15 is 0 Å². The molecule has 0 saturated heterocycles. The number of rotatable bonds is 6. The Hall–Kier alpha value is -1.56. The van der Waals surface area contributed by atoms with Gasteiger partial charge in [-0.15, -0.1) is 0 Å². The van der Waals surface area contributed by atoms with E-state index in [1.54, 1.807) is 0 Å². The van der Waals surface area contributed by atoms with Crippen LogP contribution >= 0.6 is 0 Å². The van der Waals surface area contributed by atoms with Crippen LogP contribution in [0.2, 0.25) is 0 Å². The van der Waals surface area contributed by atoms with Gasteiger partial charge < -0.3 is 20.7 Å². The third-order valence-corrected chi connectivity index (χ3v) is 2.05. The zero-order valence-corrected chi connectivity index (χ0v) is 10.9. The fraction of sp³-hybridized carbons (Fsp3) is 0.636. The van der Waals surface area contributed by atoms with E-state index in [2.05, 4.69) is 20.2 Å². The van der Waals surface area contributed by atoms with Crippen molar-refractivity contribution >= 4 is 11.5 Å². The quantitative estimate of drug-likeness (QED) is 0.765. The molecule has 0 radical (unpaired) electrons. The van der Waals surface area contributed by atoms with Crippen LogP contribution in [0.4, 0.5) is 11.5 Å². The van der Waals surface area contributed by atoms with Gasteiger partial charge in [0, 0.05) is 13.1 Å². The van der Waals surface area contributed by atoms with E-state index in [0.29, 0.717) is 17.4 Å². The van der Waals surface area contributed by atoms with Gasteiger partial charge in [-0.3, -0.25) is 0 Å². The summed E-state index contributed by atoms with van der Waals surface area (Å²) >= 11 is 0. The Morgan fingerprint density at radius 2 is 2.12 bits per heavy atom. The van der Waals surface area contributed by atoms with Crippen molar-refractivity contribution in [1.82, 2.24) is 14.9 Å². The molecule has 0 bridgehead atoms. The molecule has 0 saturated carbocycles. The Kier molecular flexibility index (Phi) is 4.96. The maximum Gasteiger partial charge on any atom is 0.242 e. The summed E-state index contributed by atoms with van der Waals surface area (Å²) in [5.41, 5.74) is 6.38. The molecule has 1 aromatic heterocycles. The van der Waals surface area contributed by atoms with E-state index in [1.165, 1.54) is 6.33 Å². The number of nitrogens with one attached hydrogen (secondary N) is 1. The summed E-state index contributed by atoms with van der Waals surface area (Å²) in [5, 5.41) is 3.16. The fourth-order valence-electron chi connectivity index (χ4n) is 1.24. The Balaban J connectivity index is 2.66. The van der Waals surface area contributed by atoms with Crippen molar-refractivity contribution in [3.05, 3.63) is 6.33 Å². The number of nitrogens with two attached hydrogens (primary N) is 1. The standard InChI is InChI=1S/C11H21N5O/c1-8(2)17-11-9(12)10(14-7-15-11)13-5-6-16(3)4/h7-8H,5-6,12H2,1-4H3,(H,13,14,15). The highest BCUT2D eigenvalue weighted by Gasteiger charge is 2.10. The van der Waals surface area contributed by atoms with Crippen LogP contribution < -0.4 is 15.8 Å². The van der Waals surface area contributed by atoms with Gasteiger partial charge in [-0.2, -0.15) is 4.98 Å². The van der Waals surface area contributed by atoms with Crippen molar-refractivity contribution in [2.24, 2.45) is 0 Å². The SMILES string of the molecule is CC(C)Oc1ncnc(NCCN(C)C)c1N. The number of hydrogen-bond acceptors (Lipinski definition) is 6. The number of nitrogens with zero attached hydrogens (tertiary/aromatic N) is 3. The van der Waals surface area contributed by atoms with E-state index in [-0.39, 0.29) is 6.10 Å². The van der Waals surface area contributed by atoms with Gasteiger partial charge in [0.25, 0.3) is 0 Å². The molecule has 0 aliphatic carbocycles. The van der Waals surface area contributed by atoms with Crippen molar-refractivity contribution in [3.8, 4) is 5.88 Å². The molecule has 96 valence electrons. The molecular formula is C11H21N5O. The highest BCUT2D eigenvalue weighted by Crippen LogP contribution is 2.24. The maximum absolute atomic E-state index is 5.92. The Morgan fingerprint density at radius 1 is 1.41 bits per heavy atom. The minimum absolute atomic E-state index is 0.0434. The molecule has 3 N–H and O–H groups in total. The highest BCUT2D eigenvalue weighted by atomic mass is 16.5. The second-order valence-corrected chi connectivity index (χ2v) is 4.34. The van der Waals surface area contributed by atoms with Gasteiger partial charge in [-0.25, -0.2) is 4.98 Å². The predicted octanol–water partition coefficient (Wildman–Crippen LogP) is 0.819. The van der Waals surface area contributed by atoms with Crippen molar-refractivity contribution in [2.75, 3.05) is 38.2 Å². The second-order valence-electron chi connectivity index (χ2n) is 4.34. The largest absolute Gasteiger partial charge is 0.473 e. The minimum atomic E-state index is 0.0434.